The lowest BCUT2D eigenvalue weighted by Gasteiger charge is -2.20. The quantitative estimate of drug-likeness (QED) is 0.630. The van der Waals surface area contributed by atoms with Crippen molar-refractivity contribution in [2.45, 2.75) is 44.7 Å². The number of hydrogen-bond donors (Lipinski definition) is 0. The highest BCUT2D eigenvalue weighted by atomic mass is 16.8. The summed E-state index contributed by atoms with van der Waals surface area (Å²) in [6.45, 7) is 7.39. The lowest BCUT2D eigenvalue weighted by atomic mass is 10.0. The van der Waals surface area contributed by atoms with Crippen molar-refractivity contribution < 1.29 is 14.3 Å². The number of rotatable bonds is 2. The van der Waals surface area contributed by atoms with Crippen LogP contribution in [-0.4, -0.2) is 23.8 Å². The lowest BCUT2D eigenvalue weighted by Crippen LogP contribution is -2.25. The number of Topliss-reactive ketones (excluding diaryl/α,β-unsaturated/α-hetero) is 1. The maximum atomic E-state index is 11.6. The Bertz CT molecular complexity index is 270. The van der Waals surface area contributed by atoms with Crippen molar-refractivity contribution in [2.24, 2.45) is 5.92 Å². The first-order valence-corrected chi connectivity index (χ1v) is 5.03. The normalized spacial score (nSPS) is 39.9. The molecule has 0 N–H and O–H groups in total. The zero-order chi connectivity index (χ0) is 10.3. The van der Waals surface area contributed by atoms with Crippen LogP contribution >= 0.6 is 0 Å². The largest absolute Gasteiger partial charge is 0.344 e. The van der Waals surface area contributed by atoms with Crippen molar-refractivity contribution in [1.29, 1.82) is 0 Å². The minimum absolute atomic E-state index is 0.0597. The van der Waals surface area contributed by atoms with E-state index < -0.39 is 5.79 Å². The molecule has 2 fully saturated rings. The van der Waals surface area contributed by atoms with Crippen LogP contribution in [0.1, 0.15) is 26.7 Å². The third-order valence-corrected chi connectivity index (χ3v) is 2.84. The number of carbonyl (C=O) groups is 1. The van der Waals surface area contributed by atoms with Gasteiger partial charge in [0.15, 0.2) is 11.6 Å². The minimum Gasteiger partial charge on any atom is -0.344 e. The van der Waals surface area contributed by atoms with Gasteiger partial charge in [-0.05, 0) is 26.2 Å². The van der Waals surface area contributed by atoms with Crippen LogP contribution in [0.4, 0.5) is 0 Å². The van der Waals surface area contributed by atoms with Crippen molar-refractivity contribution in [2.75, 3.05) is 0 Å². The van der Waals surface area contributed by atoms with E-state index in [1.165, 1.54) is 0 Å². The van der Waals surface area contributed by atoms with Gasteiger partial charge >= 0.3 is 0 Å². The Labute approximate surface area is 84.1 Å². The molecular formula is C11H16O3. The van der Waals surface area contributed by atoms with Gasteiger partial charge in [0.2, 0.25) is 0 Å². The molecule has 2 aliphatic rings. The van der Waals surface area contributed by atoms with Gasteiger partial charge in [0.25, 0.3) is 0 Å². The number of ether oxygens (including phenoxy) is 2. The predicted molar refractivity (Wildman–Crippen MR) is 51.8 cm³/mol. The van der Waals surface area contributed by atoms with Crippen LogP contribution in [0.2, 0.25) is 0 Å². The number of ketones is 1. The fraction of sp³-hybridized carbons (Fsp3) is 0.727. The fourth-order valence-electron chi connectivity index (χ4n) is 2.30. The van der Waals surface area contributed by atoms with Crippen molar-refractivity contribution in [3.05, 3.63) is 12.7 Å². The van der Waals surface area contributed by atoms with E-state index in [0.29, 0.717) is 6.42 Å². The summed E-state index contributed by atoms with van der Waals surface area (Å²) in [5.74, 6) is -0.177. The first-order chi connectivity index (χ1) is 6.53. The summed E-state index contributed by atoms with van der Waals surface area (Å²) in [5.41, 5.74) is 0. The van der Waals surface area contributed by atoms with E-state index in [1.54, 1.807) is 0 Å². The molecular weight excluding hydrogens is 180 g/mol. The minimum atomic E-state index is -0.606. The van der Waals surface area contributed by atoms with Crippen molar-refractivity contribution in [3.8, 4) is 0 Å². The van der Waals surface area contributed by atoms with E-state index in [4.69, 9.17) is 9.47 Å². The number of carbonyl (C=O) groups excluding carboxylic acids is 1. The van der Waals surface area contributed by atoms with Crippen LogP contribution in [0.3, 0.4) is 0 Å². The molecule has 0 aromatic carbocycles. The van der Waals surface area contributed by atoms with Gasteiger partial charge in [0.05, 0.1) is 6.10 Å². The van der Waals surface area contributed by atoms with E-state index in [1.807, 2.05) is 19.9 Å². The number of fused-ring (bicyclic) bond motifs is 1. The molecule has 1 heterocycles. The number of hydrogen-bond acceptors (Lipinski definition) is 3. The maximum Gasteiger partial charge on any atom is 0.164 e. The summed E-state index contributed by atoms with van der Waals surface area (Å²) in [6, 6.07) is 0. The summed E-state index contributed by atoms with van der Waals surface area (Å²) in [4.78, 5) is 11.6. The van der Waals surface area contributed by atoms with E-state index in [9.17, 15) is 4.79 Å². The van der Waals surface area contributed by atoms with E-state index in [2.05, 4.69) is 6.58 Å². The van der Waals surface area contributed by atoms with E-state index in [-0.39, 0.29) is 23.9 Å². The molecule has 3 heteroatoms. The van der Waals surface area contributed by atoms with Crippen LogP contribution in [0.25, 0.3) is 0 Å². The highest BCUT2D eigenvalue weighted by molar-refractivity contribution is 5.86. The molecule has 3 atom stereocenters. The predicted octanol–water partition coefficient (Wildman–Crippen LogP) is 1.67. The molecule has 3 nitrogen and oxygen atoms in total. The Kier molecular flexibility index (Phi) is 2.24. The molecule has 78 valence electrons. The van der Waals surface area contributed by atoms with Gasteiger partial charge in [0.1, 0.15) is 6.10 Å². The first kappa shape index (κ1) is 9.87. The molecule has 1 aliphatic heterocycles. The van der Waals surface area contributed by atoms with Crippen LogP contribution in [-0.2, 0) is 14.3 Å². The smallest absolute Gasteiger partial charge is 0.164 e. The molecule has 1 aliphatic carbocycles. The van der Waals surface area contributed by atoms with Crippen LogP contribution < -0.4 is 0 Å². The van der Waals surface area contributed by atoms with Crippen LogP contribution in [0.5, 0.6) is 0 Å². The lowest BCUT2D eigenvalue weighted by molar-refractivity contribution is -0.162. The van der Waals surface area contributed by atoms with Crippen molar-refractivity contribution >= 4 is 5.78 Å². The highest BCUT2D eigenvalue weighted by Gasteiger charge is 2.52. The van der Waals surface area contributed by atoms with Gasteiger partial charge in [-0.2, -0.15) is 0 Å². The molecule has 0 aromatic rings. The summed E-state index contributed by atoms with van der Waals surface area (Å²) in [5, 5.41) is 0. The highest BCUT2D eigenvalue weighted by Crippen LogP contribution is 2.40. The molecule has 0 radical (unpaired) electrons. The third kappa shape index (κ3) is 1.51. The zero-order valence-corrected chi connectivity index (χ0v) is 8.66. The van der Waals surface area contributed by atoms with Gasteiger partial charge in [-0.25, -0.2) is 0 Å². The topological polar surface area (TPSA) is 35.5 Å². The van der Waals surface area contributed by atoms with Crippen LogP contribution in [0, 0.1) is 5.92 Å². The summed E-state index contributed by atoms with van der Waals surface area (Å²) in [7, 11) is 0. The molecule has 1 saturated heterocycles. The second kappa shape index (κ2) is 3.17. The molecule has 1 saturated carbocycles. The van der Waals surface area contributed by atoms with Gasteiger partial charge < -0.3 is 9.47 Å². The SMILES string of the molecule is C=CC[C@H]1CC(=O)[C@@H]2OC(C)(C)O[C@H]12. The molecule has 0 unspecified atom stereocenters. The molecule has 0 spiro atoms. The molecule has 0 amide bonds. The summed E-state index contributed by atoms with van der Waals surface area (Å²) >= 11 is 0. The number of allylic oxidation sites excluding steroid dienone is 1. The van der Waals surface area contributed by atoms with E-state index >= 15 is 0 Å². The summed E-state index contributed by atoms with van der Waals surface area (Å²) < 4.78 is 11.3. The Morgan fingerprint density at radius 2 is 2.29 bits per heavy atom. The molecule has 2 rings (SSSR count). The second-order valence-corrected chi connectivity index (χ2v) is 4.48. The van der Waals surface area contributed by atoms with E-state index in [0.717, 1.165) is 6.42 Å². The Hall–Kier alpha value is -0.670. The van der Waals surface area contributed by atoms with Crippen molar-refractivity contribution in [3.63, 3.8) is 0 Å². The average Bonchev–Trinajstić information content (AvgIpc) is 2.51. The molecule has 14 heavy (non-hydrogen) atoms. The van der Waals surface area contributed by atoms with Gasteiger partial charge in [-0.1, -0.05) is 6.08 Å². The third-order valence-electron chi connectivity index (χ3n) is 2.84. The fourth-order valence-corrected chi connectivity index (χ4v) is 2.30. The Morgan fingerprint density at radius 1 is 1.57 bits per heavy atom. The summed E-state index contributed by atoms with van der Waals surface area (Å²) in [6.07, 6.45) is 2.84. The Morgan fingerprint density at radius 3 is 2.93 bits per heavy atom. The zero-order valence-electron chi connectivity index (χ0n) is 8.66. The maximum absolute atomic E-state index is 11.6. The molecule has 0 aromatic heterocycles. The standard InChI is InChI=1S/C11H16O3/c1-4-5-7-6-8(12)10-9(7)13-11(2,3)14-10/h4,7,9-10H,1,5-6H2,2-3H3/t7-,9+,10-/m0/s1. The van der Waals surface area contributed by atoms with Gasteiger partial charge in [-0.15, -0.1) is 6.58 Å². The van der Waals surface area contributed by atoms with Gasteiger partial charge in [-0.3, -0.25) is 4.79 Å². The second-order valence-electron chi connectivity index (χ2n) is 4.48. The van der Waals surface area contributed by atoms with Crippen molar-refractivity contribution in [1.82, 2.24) is 0 Å². The first-order valence-electron chi connectivity index (χ1n) is 5.03. The Balaban J connectivity index is 2.14. The average molecular weight is 196 g/mol. The van der Waals surface area contributed by atoms with Crippen LogP contribution in [0.15, 0.2) is 12.7 Å². The molecule has 0 bridgehead atoms. The monoisotopic (exact) mass is 196 g/mol. The van der Waals surface area contributed by atoms with Gasteiger partial charge in [0, 0.05) is 6.42 Å².